The molecule has 1 saturated heterocycles. The molecule has 2 rings (SSSR count). The predicted molar refractivity (Wildman–Crippen MR) is 91.3 cm³/mol. The molecule has 0 aliphatic carbocycles. The summed E-state index contributed by atoms with van der Waals surface area (Å²) >= 11 is 0. The maximum absolute atomic E-state index is 12.6. The minimum atomic E-state index is -1.12. The van der Waals surface area contributed by atoms with Crippen LogP contribution in [-0.2, 0) is 14.3 Å². The molecule has 136 valence electrons. The second-order valence-electron chi connectivity index (χ2n) is 5.63. The number of nitrogens with one attached hydrogen (secondary N) is 1. The smallest absolute Gasteiger partial charge is 0.322 e. The first-order valence-electron chi connectivity index (χ1n) is 8.24. The van der Waals surface area contributed by atoms with E-state index < -0.39 is 24.5 Å². The van der Waals surface area contributed by atoms with Crippen molar-refractivity contribution in [2.24, 2.45) is 0 Å². The Kier molecular flexibility index (Phi) is 6.76. The van der Waals surface area contributed by atoms with Gasteiger partial charge in [0.1, 0.15) is 6.04 Å². The molecule has 0 bridgehead atoms. The Labute approximate surface area is 146 Å². The van der Waals surface area contributed by atoms with Crippen LogP contribution >= 0.6 is 0 Å². The van der Waals surface area contributed by atoms with Gasteiger partial charge in [-0.3, -0.25) is 9.59 Å². The minimum Gasteiger partial charge on any atom is -0.481 e. The molecule has 8 nitrogen and oxygen atoms in total. The van der Waals surface area contributed by atoms with Gasteiger partial charge in [-0.25, -0.2) is 4.79 Å². The van der Waals surface area contributed by atoms with Gasteiger partial charge in [-0.15, -0.1) is 0 Å². The molecular formula is C17H23N3O5. The Morgan fingerprint density at radius 1 is 1.28 bits per heavy atom. The fraction of sp³-hybridized carbons (Fsp3) is 0.471. The van der Waals surface area contributed by atoms with Crippen molar-refractivity contribution in [3.05, 3.63) is 30.3 Å². The van der Waals surface area contributed by atoms with Crippen molar-refractivity contribution >= 4 is 23.6 Å². The lowest BCUT2D eigenvalue weighted by atomic mass is 10.1. The van der Waals surface area contributed by atoms with Gasteiger partial charge >= 0.3 is 12.0 Å². The summed E-state index contributed by atoms with van der Waals surface area (Å²) in [5.74, 6) is -1.49. The van der Waals surface area contributed by atoms with Gasteiger partial charge in [0.15, 0.2) is 0 Å². The fourth-order valence-electron chi connectivity index (χ4n) is 2.70. The number of carboxylic acid groups (broad SMARTS) is 1. The quantitative estimate of drug-likeness (QED) is 0.722. The SMILES string of the molecule is CCOCCN1CCN(C(=O)Nc2ccccc2)C(CC(=O)O)C1=O. The Morgan fingerprint density at radius 3 is 2.64 bits per heavy atom. The summed E-state index contributed by atoms with van der Waals surface area (Å²) in [5, 5.41) is 11.8. The largest absolute Gasteiger partial charge is 0.481 e. The first-order chi connectivity index (χ1) is 12.0. The summed E-state index contributed by atoms with van der Waals surface area (Å²) in [5.41, 5.74) is 0.591. The van der Waals surface area contributed by atoms with Crippen LogP contribution in [0.2, 0.25) is 0 Å². The summed E-state index contributed by atoms with van der Waals surface area (Å²) in [6.07, 6.45) is -0.424. The number of nitrogens with zero attached hydrogens (tertiary/aromatic N) is 2. The Morgan fingerprint density at radius 2 is 2.00 bits per heavy atom. The van der Waals surface area contributed by atoms with Gasteiger partial charge in [-0.1, -0.05) is 18.2 Å². The van der Waals surface area contributed by atoms with E-state index in [9.17, 15) is 14.4 Å². The number of piperazine rings is 1. The number of anilines is 1. The van der Waals surface area contributed by atoms with Gasteiger partial charge in [0.05, 0.1) is 13.0 Å². The lowest BCUT2D eigenvalue weighted by Gasteiger charge is -2.40. The first-order valence-corrected chi connectivity index (χ1v) is 8.24. The van der Waals surface area contributed by atoms with Gasteiger partial charge in [0.25, 0.3) is 0 Å². The van der Waals surface area contributed by atoms with Crippen molar-refractivity contribution in [3.63, 3.8) is 0 Å². The molecule has 0 radical (unpaired) electrons. The first kappa shape index (κ1) is 18.7. The Balaban J connectivity index is 2.07. The summed E-state index contributed by atoms with van der Waals surface area (Å²) in [7, 11) is 0. The van der Waals surface area contributed by atoms with E-state index in [4.69, 9.17) is 9.84 Å². The standard InChI is InChI=1S/C17H23N3O5/c1-2-25-11-10-19-8-9-20(14(16(19)23)12-15(21)22)17(24)18-13-6-4-3-5-7-13/h3-7,14H,2,8-12H2,1H3,(H,18,24)(H,21,22). The van der Waals surface area contributed by atoms with Crippen LogP contribution in [0.3, 0.4) is 0 Å². The molecule has 1 aromatic carbocycles. The third kappa shape index (κ3) is 5.18. The average molecular weight is 349 g/mol. The molecule has 8 heteroatoms. The van der Waals surface area contributed by atoms with E-state index in [1.165, 1.54) is 4.90 Å². The molecular weight excluding hydrogens is 326 g/mol. The number of para-hydroxylation sites is 1. The molecule has 1 unspecified atom stereocenters. The summed E-state index contributed by atoms with van der Waals surface area (Å²) in [4.78, 5) is 39.1. The second kappa shape index (κ2) is 9.03. The number of hydrogen-bond acceptors (Lipinski definition) is 4. The van der Waals surface area contributed by atoms with Crippen LogP contribution in [0, 0.1) is 0 Å². The maximum Gasteiger partial charge on any atom is 0.322 e. The van der Waals surface area contributed by atoms with Crippen molar-refractivity contribution < 1.29 is 24.2 Å². The van der Waals surface area contributed by atoms with Crippen molar-refractivity contribution in [1.82, 2.24) is 9.80 Å². The topological polar surface area (TPSA) is 99.2 Å². The van der Waals surface area contributed by atoms with Crippen LogP contribution in [0.4, 0.5) is 10.5 Å². The zero-order chi connectivity index (χ0) is 18.2. The highest BCUT2D eigenvalue weighted by Crippen LogP contribution is 2.17. The normalized spacial score (nSPS) is 17.5. The number of benzene rings is 1. The number of amides is 3. The van der Waals surface area contributed by atoms with Crippen molar-refractivity contribution in [2.45, 2.75) is 19.4 Å². The molecule has 2 N–H and O–H groups in total. The van der Waals surface area contributed by atoms with Gasteiger partial charge in [0.2, 0.25) is 5.91 Å². The zero-order valence-electron chi connectivity index (χ0n) is 14.2. The zero-order valence-corrected chi connectivity index (χ0v) is 14.2. The number of carboxylic acids is 1. The van der Waals surface area contributed by atoms with Crippen LogP contribution in [0.1, 0.15) is 13.3 Å². The molecule has 1 heterocycles. The van der Waals surface area contributed by atoms with E-state index in [1.54, 1.807) is 29.2 Å². The average Bonchev–Trinajstić information content (AvgIpc) is 2.58. The maximum atomic E-state index is 12.6. The molecule has 1 aliphatic heterocycles. The highest BCUT2D eigenvalue weighted by atomic mass is 16.5. The van der Waals surface area contributed by atoms with Crippen LogP contribution in [0.5, 0.6) is 0 Å². The van der Waals surface area contributed by atoms with E-state index in [1.807, 2.05) is 13.0 Å². The lowest BCUT2D eigenvalue weighted by Crippen LogP contribution is -2.60. The number of rotatable bonds is 7. The van der Waals surface area contributed by atoms with Gasteiger partial charge in [-0.2, -0.15) is 0 Å². The third-order valence-electron chi connectivity index (χ3n) is 3.95. The number of carbonyl (C=O) groups excluding carboxylic acids is 2. The van der Waals surface area contributed by atoms with Crippen LogP contribution in [-0.4, -0.2) is 71.7 Å². The van der Waals surface area contributed by atoms with Gasteiger partial charge in [-0.05, 0) is 19.1 Å². The number of urea groups is 1. The molecule has 25 heavy (non-hydrogen) atoms. The number of aliphatic carboxylic acids is 1. The molecule has 0 spiro atoms. The highest BCUT2D eigenvalue weighted by Gasteiger charge is 2.38. The number of carbonyl (C=O) groups is 3. The monoisotopic (exact) mass is 349 g/mol. The summed E-state index contributed by atoms with van der Waals surface area (Å²) in [6, 6.07) is 7.34. The predicted octanol–water partition coefficient (Wildman–Crippen LogP) is 1.24. The minimum absolute atomic E-state index is 0.272. The third-order valence-corrected chi connectivity index (χ3v) is 3.95. The van der Waals surface area contributed by atoms with Gasteiger partial charge < -0.3 is 25.0 Å². The highest BCUT2D eigenvalue weighted by molar-refractivity contribution is 5.96. The second-order valence-corrected chi connectivity index (χ2v) is 5.63. The van der Waals surface area contributed by atoms with Gasteiger partial charge in [0, 0.05) is 31.9 Å². The van der Waals surface area contributed by atoms with Crippen molar-refractivity contribution in [3.8, 4) is 0 Å². The molecule has 0 aromatic heterocycles. The Hall–Kier alpha value is -2.61. The lowest BCUT2D eigenvalue weighted by molar-refractivity contribution is -0.148. The van der Waals surface area contributed by atoms with Crippen molar-refractivity contribution in [2.75, 3.05) is 38.2 Å². The molecule has 1 aromatic rings. The van der Waals surface area contributed by atoms with E-state index >= 15 is 0 Å². The number of hydrogen-bond donors (Lipinski definition) is 2. The van der Waals surface area contributed by atoms with Crippen LogP contribution in [0.25, 0.3) is 0 Å². The van der Waals surface area contributed by atoms with Crippen LogP contribution in [0.15, 0.2) is 30.3 Å². The van der Waals surface area contributed by atoms with Crippen LogP contribution < -0.4 is 5.32 Å². The number of ether oxygens (including phenoxy) is 1. The fourth-order valence-corrected chi connectivity index (χ4v) is 2.70. The van der Waals surface area contributed by atoms with E-state index in [0.717, 1.165) is 0 Å². The van der Waals surface area contributed by atoms with E-state index in [2.05, 4.69) is 5.32 Å². The van der Waals surface area contributed by atoms with E-state index in [-0.39, 0.29) is 12.5 Å². The summed E-state index contributed by atoms with van der Waals surface area (Å²) < 4.78 is 5.25. The van der Waals surface area contributed by atoms with E-state index in [0.29, 0.717) is 32.0 Å². The van der Waals surface area contributed by atoms with Crippen molar-refractivity contribution in [1.29, 1.82) is 0 Å². The molecule has 3 amide bonds. The molecule has 1 fully saturated rings. The molecule has 1 aliphatic rings. The Bertz CT molecular complexity index is 608. The summed E-state index contributed by atoms with van der Waals surface area (Å²) in [6.45, 7) is 3.81. The molecule has 1 atom stereocenters. The molecule has 0 saturated carbocycles.